The van der Waals surface area contributed by atoms with Crippen LogP contribution in [0.25, 0.3) is 6.08 Å². The zero-order chi connectivity index (χ0) is 21.8. The van der Waals surface area contributed by atoms with Gasteiger partial charge in [0.15, 0.2) is 11.5 Å². The summed E-state index contributed by atoms with van der Waals surface area (Å²) in [4.78, 5) is 37.0. The highest BCUT2D eigenvalue weighted by atomic mass is 79.9. The first-order chi connectivity index (χ1) is 14.3. The van der Waals surface area contributed by atoms with Crippen LogP contribution in [-0.4, -0.2) is 24.9 Å². The topological polar surface area (TPSA) is 84.9 Å². The summed E-state index contributed by atoms with van der Waals surface area (Å²) in [6.07, 6.45) is 2.37. The fourth-order valence-electron chi connectivity index (χ4n) is 2.81. The van der Waals surface area contributed by atoms with Gasteiger partial charge in [-0.3, -0.25) is 19.8 Å². The van der Waals surface area contributed by atoms with Crippen LogP contribution in [0.15, 0.2) is 46.4 Å². The molecular weight excluding hydrogens is 476 g/mol. The van der Waals surface area contributed by atoms with E-state index in [0.29, 0.717) is 32.9 Å². The van der Waals surface area contributed by atoms with Crippen molar-refractivity contribution < 1.29 is 23.9 Å². The number of benzene rings is 2. The van der Waals surface area contributed by atoms with Gasteiger partial charge in [-0.05, 0) is 64.3 Å². The lowest BCUT2D eigenvalue weighted by atomic mass is 10.1. The molecule has 1 N–H and O–H groups in total. The molecule has 0 unspecified atom stereocenters. The van der Waals surface area contributed by atoms with Crippen LogP contribution in [0.1, 0.15) is 25.3 Å². The SMILES string of the molecule is CCCC(=O)Oc1c(Br)cc(/C=C2/C(=O)NN(c3cccc(Cl)c3)C2=O)cc1OC. The molecular formula is C21H18BrClN2O5. The highest BCUT2D eigenvalue weighted by molar-refractivity contribution is 9.10. The van der Waals surface area contributed by atoms with Gasteiger partial charge in [-0.2, -0.15) is 0 Å². The number of halogens is 2. The summed E-state index contributed by atoms with van der Waals surface area (Å²) in [5.41, 5.74) is 3.42. The number of nitrogens with one attached hydrogen (secondary N) is 1. The molecule has 0 aliphatic carbocycles. The third-order valence-corrected chi connectivity index (χ3v) is 5.01. The van der Waals surface area contributed by atoms with Crippen molar-refractivity contribution in [2.24, 2.45) is 0 Å². The van der Waals surface area contributed by atoms with Crippen LogP contribution in [0.5, 0.6) is 11.5 Å². The molecule has 1 heterocycles. The second kappa shape index (κ2) is 9.32. The van der Waals surface area contributed by atoms with Gasteiger partial charge in [-0.25, -0.2) is 5.01 Å². The quantitative estimate of drug-likeness (QED) is 0.281. The molecule has 0 radical (unpaired) electrons. The van der Waals surface area contributed by atoms with Gasteiger partial charge in [-0.1, -0.05) is 24.6 Å². The zero-order valence-electron chi connectivity index (χ0n) is 16.2. The fraction of sp³-hybridized carbons (Fsp3) is 0.190. The molecule has 30 heavy (non-hydrogen) atoms. The molecule has 2 aromatic carbocycles. The van der Waals surface area contributed by atoms with E-state index in [1.807, 2.05) is 6.92 Å². The van der Waals surface area contributed by atoms with Crippen molar-refractivity contribution in [1.29, 1.82) is 0 Å². The van der Waals surface area contributed by atoms with Crippen molar-refractivity contribution in [2.45, 2.75) is 19.8 Å². The Morgan fingerprint density at radius 2 is 2.03 bits per heavy atom. The molecule has 2 amide bonds. The molecule has 156 valence electrons. The highest BCUT2D eigenvalue weighted by Gasteiger charge is 2.34. The number of rotatable bonds is 6. The van der Waals surface area contributed by atoms with E-state index in [0.717, 1.165) is 5.01 Å². The first-order valence-electron chi connectivity index (χ1n) is 9.05. The molecule has 9 heteroatoms. The van der Waals surface area contributed by atoms with E-state index >= 15 is 0 Å². The van der Waals surface area contributed by atoms with Gasteiger partial charge in [0.25, 0.3) is 11.8 Å². The van der Waals surface area contributed by atoms with E-state index in [2.05, 4.69) is 21.4 Å². The van der Waals surface area contributed by atoms with E-state index in [1.165, 1.54) is 13.2 Å². The predicted octanol–water partition coefficient (Wildman–Crippen LogP) is 4.28. The van der Waals surface area contributed by atoms with Crippen LogP contribution in [-0.2, 0) is 14.4 Å². The standard InChI is InChI=1S/C21H18BrClN2O5/c1-3-5-18(26)30-19-16(22)9-12(10-17(19)29-2)8-15-20(27)24-25(21(15)28)14-7-4-6-13(23)11-14/h4,6-11H,3,5H2,1-2H3,(H,24,27)/b15-8-. The number of anilines is 1. The largest absolute Gasteiger partial charge is 0.493 e. The maximum absolute atomic E-state index is 12.8. The third-order valence-electron chi connectivity index (χ3n) is 4.19. The lowest BCUT2D eigenvalue weighted by molar-refractivity contribution is -0.134. The van der Waals surface area contributed by atoms with Gasteiger partial charge in [0.05, 0.1) is 17.3 Å². The summed E-state index contributed by atoms with van der Waals surface area (Å²) in [7, 11) is 1.43. The summed E-state index contributed by atoms with van der Waals surface area (Å²) >= 11 is 9.33. The van der Waals surface area contributed by atoms with E-state index in [1.54, 1.807) is 36.4 Å². The minimum absolute atomic E-state index is 0.0559. The molecule has 0 aromatic heterocycles. The average Bonchev–Trinajstić information content (AvgIpc) is 2.98. The Morgan fingerprint density at radius 3 is 2.70 bits per heavy atom. The van der Waals surface area contributed by atoms with E-state index < -0.39 is 11.8 Å². The van der Waals surface area contributed by atoms with Gasteiger partial charge in [0.1, 0.15) is 5.57 Å². The molecule has 7 nitrogen and oxygen atoms in total. The lowest BCUT2D eigenvalue weighted by Crippen LogP contribution is -2.35. The van der Waals surface area contributed by atoms with Gasteiger partial charge >= 0.3 is 5.97 Å². The molecule has 2 aromatic rings. The number of nitrogens with zero attached hydrogens (tertiary/aromatic N) is 1. The van der Waals surface area contributed by atoms with Crippen molar-refractivity contribution in [3.63, 3.8) is 0 Å². The Balaban J connectivity index is 1.92. The van der Waals surface area contributed by atoms with Crippen LogP contribution < -0.4 is 19.9 Å². The Hall–Kier alpha value is -2.84. The van der Waals surface area contributed by atoms with Gasteiger partial charge < -0.3 is 9.47 Å². The zero-order valence-corrected chi connectivity index (χ0v) is 18.5. The number of methoxy groups -OCH3 is 1. The number of ether oxygens (including phenoxy) is 2. The Kier molecular flexibility index (Phi) is 6.79. The van der Waals surface area contributed by atoms with E-state index in [4.69, 9.17) is 21.1 Å². The van der Waals surface area contributed by atoms with E-state index in [9.17, 15) is 14.4 Å². The van der Waals surface area contributed by atoms with Crippen LogP contribution in [0.3, 0.4) is 0 Å². The monoisotopic (exact) mass is 492 g/mol. The smallest absolute Gasteiger partial charge is 0.311 e. The number of esters is 1. The fourth-order valence-corrected chi connectivity index (χ4v) is 3.54. The molecule has 0 bridgehead atoms. The van der Waals surface area contributed by atoms with E-state index in [-0.39, 0.29) is 23.7 Å². The summed E-state index contributed by atoms with van der Waals surface area (Å²) < 4.78 is 11.1. The van der Waals surface area contributed by atoms with Crippen LogP contribution in [0.4, 0.5) is 5.69 Å². The Bertz CT molecular complexity index is 1050. The molecule has 0 atom stereocenters. The number of carbonyl (C=O) groups excluding carboxylic acids is 3. The normalized spacial score (nSPS) is 14.8. The second-order valence-corrected chi connectivity index (χ2v) is 7.67. The summed E-state index contributed by atoms with van der Waals surface area (Å²) in [6, 6.07) is 9.79. The predicted molar refractivity (Wildman–Crippen MR) is 116 cm³/mol. The minimum atomic E-state index is -0.548. The molecule has 1 aliphatic heterocycles. The lowest BCUT2D eigenvalue weighted by Gasteiger charge is -2.14. The number of hydrogen-bond donors (Lipinski definition) is 1. The number of hydrogen-bond acceptors (Lipinski definition) is 5. The van der Waals surface area contributed by atoms with Crippen molar-refractivity contribution >= 4 is 57.1 Å². The average molecular weight is 494 g/mol. The van der Waals surface area contributed by atoms with Gasteiger partial charge in [0.2, 0.25) is 0 Å². The Morgan fingerprint density at radius 1 is 1.27 bits per heavy atom. The second-order valence-electron chi connectivity index (χ2n) is 6.38. The minimum Gasteiger partial charge on any atom is -0.493 e. The van der Waals surface area contributed by atoms with Crippen molar-refractivity contribution in [3.05, 3.63) is 57.0 Å². The maximum Gasteiger partial charge on any atom is 0.311 e. The molecule has 1 saturated heterocycles. The number of carbonyl (C=O) groups is 3. The summed E-state index contributed by atoms with van der Waals surface area (Å²) in [5.74, 6) is -0.923. The van der Waals surface area contributed by atoms with Crippen LogP contribution in [0.2, 0.25) is 5.02 Å². The number of amides is 2. The number of hydrazine groups is 1. The summed E-state index contributed by atoms with van der Waals surface area (Å²) in [5, 5.41) is 1.57. The third kappa shape index (κ3) is 4.66. The molecule has 0 saturated carbocycles. The Labute approximate surface area is 186 Å². The highest BCUT2D eigenvalue weighted by Crippen LogP contribution is 2.38. The molecule has 3 rings (SSSR count). The van der Waals surface area contributed by atoms with Crippen LogP contribution in [0, 0.1) is 0 Å². The van der Waals surface area contributed by atoms with Crippen molar-refractivity contribution in [2.75, 3.05) is 12.1 Å². The van der Waals surface area contributed by atoms with Gasteiger partial charge in [0, 0.05) is 11.4 Å². The van der Waals surface area contributed by atoms with Gasteiger partial charge in [-0.15, -0.1) is 0 Å². The molecule has 1 fully saturated rings. The first-order valence-corrected chi connectivity index (χ1v) is 10.2. The van der Waals surface area contributed by atoms with Crippen LogP contribution >= 0.6 is 27.5 Å². The maximum atomic E-state index is 12.8. The first kappa shape index (κ1) is 21.9. The summed E-state index contributed by atoms with van der Waals surface area (Å²) in [6.45, 7) is 1.87. The van der Waals surface area contributed by atoms with Crippen molar-refractivity contribution in [3.8, 4) is 11.5 Å². The molecule has 0 spiro atoms. The molecule has 1 aliphatic rings. The van der Waals surface area contributed by atoms with Crippen molar-refractivity contribution in [1.82, 2.24) is 5.43 Å².